The van der Waals surface area contributed by atoms with Crippen molar-refractivity contribution in [2.75, 3.05) is 12.3 Å². The van der Waals surface area contributed by atoms with Gasteiger partial charge in [0.25, 0.3) is 0 Å². The first-order chi connectivity index (χ1) is 8.06. The second-order valence-corrected chi connectivity index (χ2v) is 6.16. The average molecular weight is 297 g/mol. The van der Waals surface area contributed by atoms with Crippen LogP contribution in [0.25, 0.3) is 0 Å². The molecule has 0 amide bonds. The molecular formula is C14H21BrN2. The van der Waals surface area contributed by atoms with Crippen LogP contribution in [0.15, 0.2) is 22.7 Å². The molecule has 0 radical (unpaired) electrons. The van der Waals surface area contributed by atoms with E-state index in [1.54, 1.807) is 0 Å². The number of benzene rings is 1. The maximum absolute atomic E-state index is 5.92. The molecule has 0 saturated carbocycles. The summed E-state index contributed by atoms with van der Waals surface area (Å²) in [5, 5.41) is 0. The molecule has 1 heterocycles. The van der Waals surface area contributed by atoms with Gasteiger partial charge >= 0.3 is 0 Å². The van der Waals surface area contributed by atoms with Gasteiger partial charge in [-0.15, -0.1) is 0 Å². The number of hydrogen-bond acceptors (Lipinski definition) is 2. The zero-order valence-electron chi connectivity index (χ0n) is 10.6. The minimum atomic E-state index is 0.684. The van der Waals surface area contributed by atoms with E-state index in [0.29, 0.717) is 6.04 Å². The number of nitrogens with two attached hydrogens (primary N) is 1. The molecule has 0 aromatic heterocycles. The van der Waals surface area contributed by atoms with Crippen LogP contribution < -0.4 is 5.73 Å². The highest BCUT2D eigenvalue weighted by Gasteiger charge is 2.22. The Hall–Kier alpha value is -0.540. The Morgan fingerprint density at radius 3 is 2.82 bits per heavy atom. The Kier molecular flexibility index (Phi) is 4.10. The third kappa shape index (κ3) is 3.23. The van der Waals surface area contributed by atoms with Crippen LogP contribution in [0.2, 0.25) is 0 Å². The molecule has 1 aliphatic rings. The van der Waals surface area contributed by atoms with Gasteiger partial charge in [0.15, 0.2) is 0 Å². The minimum absolute atomic E-state index is 0.684. The molecule has 0 spiro atoms. The van der Waals surface area contributed by atoms with Gasteiger partial charge < -0.3 is 5.73 Å². The smallest absolute Gasteiger partial charge is 0.0461 e. The number of nitrogens with zero attached hydrogens (tertiary/aromatic N) is 1. The zero-order chi connectivity index (χ0) is 12.4. The molecular weight excluding hydrogens is 276 g/mol. The highest BCUT2D eigenvalue weighted by atomic mass is 79.9. The quantitative estimate of drug-likeness (QED) is 0.844. The maximum atomic E-state index is 5.92. The molecule has 2 unspecified atom stereocenters. The number of likely N-dealkylation sites (tertiary alicyclic amines) is 1. The molecule has 1 aliphatic heterocycles. The van der Waals surface area contributed by atoms with Gasteiger partial charge in [0.2, 0.25) is 0 Å². The third-order valence-corrected chi connectivity index (χ3v) is 4.44. The molecule has 2 nitrogen and oxygen atoms in total. The second kappa shape index (κ2) is 5.40. The molecule has 2 rings (SSSR count). The molecule has 1 aromatic rings. The monoisotopic (exact) mass is 296 g/mol. The van der Waals surface area contributed by atoms with Gasteiger partial charge in [0.1, 0.15) is 0 Å². The van der Waals surface area contributed by atoms with Crippen LogP contribution in [0.1, 0.15) is 32.3 Å². The van der Waals surface area contributed by atoms with E-state index in [4.69, 9.17) is 5.73 Å². The third-order valence-electron chi connectivity index (χ3n) is 3.72. The number of rotatable bonds is 2. The topological polar surface area (TPSA) is 29.3 Å². The lowest BCUT2D eigenvalue weighted by Crippen LogP contribution is -2.39. The van der Waals surface area contributed by atoms with Crippen molar-refractivity contribution in [3.8, 4) is 0 Å². The van der Waals surface area contributed by atoms with Crippen molar-refractivity contribution >= 4 is 21.6 Å². The van der Waals surface area contributed by atoms with Gasteiger partial charge in [-0.3, -0.25) is 4.90 Å². The molecule has 1 fully saturated rings. The van der Waals surface area contributed by atoms with E-state index in [-0.39, 0.29) is 0 Å². The van der Waals surface area contributed by atoms with E-state index in [1.807, 2.05) is 6.07 Å². The molecule has 0 bridgehead atoms. The summed E-state index contributed by atoms with van der Waals surface area (Å²) in [4.78, 5) is 2.56. The number of anilines is 1. The fraction of sp³-hybridized carbons (Fsp3) is 0.571. The van der Waals surface area contributed by atoms with Crippen molar-refractivity contribution in [1.82, 2.24) is 4.90 Å². The van der Waals surface area contributed by atoms with Gasteiger partial charge in [0.05, 0.1) is 0 Å². The summed E-state index contributed by atoms with van der Waals surface area (Å²) in [7, 11) is 0. The molecule has 94 valence electrons. The Balaban J connectivity index is 2.02. The Bertz CT molecular complexity index is 392. The summed E-state index contributed by atoms with van der Waals surface area (Å²) in [6, 6.07) is 6.96. The van der Waals surface area contributed by atoms with Gasteiger partial charge in [-0.25, -0.2) is 0 Å². The summed E-state index contributed by atoms with van der Waals surface area (Å²) >= 11 is 3.44. The predicted molar refractivity (Wildman–Crippen MR) is 76.8 cm³/mol. The first kappa shape index (κ1) is 12.9. The first-order valence-electron chi connectivity index (χ1n) is 6.34. The summed E-state index contributed by atoms with van der Waals surface area (Å²) in [6.07, 6.45) is 2.63. The molecule has 2 atom stereocenters. The molecule has 0 aliphatic carbocycles. The summed E-state index contributed by atoms with van der Waals surface area (Å²) in [5.74, 6) is 0.872. The SMILES string of the molecule is CC1CCN(Cc2ccc(Br)c(N)c2)C(C)C1. The molecule has 17 heavy (non-hydrogen) atoms. The predicted octanol–water partition coefficient (Wildman–Crippen LogP) is 3.65. The molecule has 1 aromatic carbocycles. The van der Waals surface area contributed by atoms with Crippen molar-refractivity contribution < 1.29 is 0 Å². The van der Waals surface area contributed by atoms with Crippen LogP contribution in [0, 0.1) is 5.92 Å². The van der Waals surface area contributed by atoms with Crippen LogP contribution in [0.5, 0.6) is 0 Å². The molecule has 1 saturated heterocycles. The van der Waals surface area contributed by atoms with Crippen molar-refractivity contribution in [3.63, 3.8) is 0 Å². The fourth-order valence-electron chi connectivity index (χ4n) is 2.62. The highest BCUT2D eigenvalue weighted by Crippen LogP contribution is 2.26. The lowest BCUT2D eigenvalue weighted by Gasteiger charge is -2.36. The van der Waals surface area contributed by atoms with Crippen molar-refractivity contribution in [1.29, 1.82) is 0 Å². The van der Waals surface area contributed by atoms with Crippen LogP contribution in [-0.4, -0.2) is 17.5 Å². The van der Waals surface area contributed by atoms with Crippen LogP contribution in [-0.2, 0) is 6.54 Å². The van der Waals surface area contributed by atoms with Gasteiger partial charge in [-0.2, -0.15) is 0 Å². The minimum Gasteiger partial charge on any atom is -0.398 e. The lowest BCUT2D eigenvalue weighted by molar-refractivity contribution is 0.122. The van der Waals surface area contributed by atoms with Crippen molar-refractivity contribution in [2.45, 2.75) is 39.3 Å². The normalized spacial score (nSPS) is 26.1. The van der Waals surface area contributed by atoms with Crippen molar-refractivity contribution in [3.05, 3.63) is 28.2 Å². The first-order valence-corrected chi connectivity index (χ1v) is 7.13. The van der Waals surface area contributed by atoms with Crippen LogP contribution >= 0.6 is 15.9 Å². The van der Waals surface area contributed by atoms with E-state index >= 15 is 0 Å². The summed E-state index contributed by atoms with van der Waals surface area (Å²) in [6.45, 7) is 6.91. The Morgan fingerprint density at radius 1 is 1.41 bits per heavy atom. The van der Waals surface area contributed by atoms with Gasteiger partial charge in [-0.05, 0) is 65.9 Å². The highest BCUT2D eigenvalue weighted by molar-refractivity contribution is 9.10. The zero-order valence-corrected chi connectivity index (χ0v) is 12.2. The molecule has 3 heteroatoms. The van der Waals surface area contributed by atoms with Gasteiger partial charge in [0, 0.05) is 22.7 Å². The number of halogens is 1. The Labute approximate surface area is 112 Å². The van der Waals surface area contributed by atoms with E-state index in [1.165, 1.54) is 24.9 Å². The number of nitrogen functional groups attached to an aromatic ring is 1. The summed E-state index contributed by atoms with van der Waals surface area (Å²) in [5.41, 5.74) is 8.06. The van der Waals surface area contributed by atoms with E-state index in [2.05, 4.69) is 46.8 Å². The number of hydrogen-bond donors (Lipinski definition) is 1. The lowest BCUT2D eigenvalue weighted by atomic mass is 9.93. The molecule has 2 N–H and O–H groups in total. The van der Waals surface area contributed by atoms with Crippen molar-refractivity contribution in [2.24, 2.45) is 5.92 Å². The van der Waals surface area contributed by atoms with E-state index in [9.17, 15) is 0 Å². The van der Waals surface area contributed by atoms with E-state index < -0.39 is 0 Å². The largest absolute Gasteiger partial charge is 0.398 e. The summed E-state index contributed by atoms with van der Waals surface area (Å²) < 4.78 is 0.988. The van der Waals surface area contributed by atoms with Crippen LogP contribution in [0.3, 0.4) is 0 Å². The fourth-order valence-corrected chi connectivity index (χ4v) is 2.86. The Morgan fingerprint density at radius 2 is 2.18 bits per heavy atom. The number of piperidine rings is 1. The van der Waals surface area contributed by atoms with Gasteiger partial charge in [-0.1, -0.05) is 13.0 Å². The van der Waals surface area contributed by atoms with E-state index in [0.717, 1.165) is 22.6 Å². The standard InChI is InChI=1S/C14H21BrN2/c1-10-5-6-17(11(2)7-10)9-12-3-4-13(15)14(16)8-12/h3-4,8,10-11H,5-7,9,16H2,1-2H3. The average Bonchev–Trinajstić information content (AvgIpc) is 2.27. The second-order valence-electron chi connectivity index (χ2n) is 5.30. The van der Waals surface area contributed by atoms with Crippen LogP contribution in [0.4, 0.5) is 5.69 Å². The maximum Gasteiger partial charge on any atom is 0.0461 e.